The highest BCUT2D eigenvalue weighted by Crippen LogP contribution is 2.33. The molecule has 1 fully saturated rings. The fourth-order valence-corrected chi connectivity index (χ4v) is 3.61. The predicted octanol–water partition coefficient (Wildman–Crippen LogP) is 1.69. The maximum atomic E-state index is 12.9. The van der Waals surface area contributed by atoms with Crippen LogP contribution in [0.2, 0.25) is 0 Å². The van der Waals surface area contributed by atoms with Crippen molar-refractivity contribution in [2.24, 2.45) is 0 Å². The fourth-order valence-electron chi connectivity index (χ4n) is 3.61. The van der Waals surface area contributed by atoms with Gasteiger partial charge in [-0.15, -0.1) is 0 Å². The third kappa shape index (κ3) is 3.29. The van der Waals surface area contributed by atoms with Crippen LogP contribution in [0.25, 0.3) is 6.08 Å². The molecule has 2 unspecified atom stereocenters. The summed E-state index contributed by atoms with van der Waals surface area (Å²) >= 11 is 0. The van der Waals surface area contributed by atoms with Crippen LogP contribution >= 0.6 is 0 Å². The summed E-state index contributed by atoms with van der Waals surface area (Å²) in [6.45, 7) is 4.38. The first-order valence-electron chi connectivity index (χ1n) is 8.66. The van der Waals surface area contributed by atoms with E-state index >= 15 is 0 Å². The van der Waals surface area contributed by atoms with Crippen LogP contribution in [0, 0.1) is 0 Å². The largest absolute Gasteiger partial charge is 0.353 e. The van der Waals surface area contributed by atoms with E-state index in [1.807, 2.05) is 37.3 Å². The number of hydrogen-bond donors (Lipinski definition) is 1. The standard InChI is InChI=1S/C19H23N3O3/c1-3-16-19(25)20-9-11-22(16)18(24)12-17-15-7-5-4-6-14(15)8-10-21(17)13(2)23/h4-8,10,16-17H,3,9,11-12H2,1-2H3,(H,20,25). The molecule has 0 spiro atoms. The third-order valence-electron chi connectivity index (χ3n) is 4.87. The topological polar surface area (TPSA) is 69.7 Å². The van der Waals surface area contributed by atoms with Gasteiger partial charge in [-0.25, -0.2) is 0 Å². The van der Waals surface area contributed by atoms with Gasteiger partial charge in [0.2, 0.25) is 17.7 Å². The van der Waals surface area contributed by atoms with Gasteiger partial charge >= 0.3 is 0 Å². The first-order valence-corrected chi connectivity index (χ1v) is 8.66. The van der Waals surface area contributed by atoms with Crippen molar-refractivity contribution in [1.82, 2.24) is 15.1 Å². The molecule has 0 aromatic heterocycles. The van der Waals surface area contributed by atoms with Crippen LogP contribution in [0.1, 0.15) is 43.9 Å². The van der Waals surface area contributed by atoms with E-state index in [1.54, 1.807) is 16.0 Å². The number of nitrogens with zero attached hydrogens (tertiary/aromatic N) is 2. The van der Waals surface area contributed by atoms with E-state index in [-0.39, 0.29) is 30.2 Å². The average Bonchev–Trinajstić information content (AvgIpc) is 2.61. The molecule has 3 amide bonds. The van der Waals surface area contributed by atoms with Crippen LogP contribution in [0.15, 0.2) is 30.5 Å². The predicted molar refractivity (Wildman–Crippen MR) is 94.2 cm³/mol. The van der Waals surface area contributed by atoms with Gasteiger partial charge in [-0.2, -0.15) is 0 Å². The SMILES string of the molecule is CCC1C(=O)NCCN1C(=O)CC1c2ccccc2C=CN1C(C)=O. The summed E-state index contributed by atoms with van der Waals surface area (Å²) in [6, 6.07) is 7.01. The highest BCUT2D eigenvalue weighted by Gasteiger charge is 2.35. The Balaban J connectivity index is 1.86. The van der Waals surface area contributed by atoms with Crippen LogP contribution in [0.4, 0.5) is 0 Å². The van der Waals surface area contributed by atoms with Gasteiger partial charge in [-0.05, 0) is 23.6 Å². The summed E-state index contributed by atoms with van der Waals surface area (Å²) in [5.41, 5.74) is 1.98. The van der Waals surface area contributed by atoms with Gasteiger partial charge in [0, 0.05) is 26.2 Å². The molecule has 1 N–H and O–H groups in total. The van der Waals surface area contributed by atoms with E-state index in [2.05, 4.69) is 5.32 Å². The molecule has 0 aliphatic carbocycles. The minimum absolute atomic E-state index is 0.0944. The molecule has 1 saturated heterocycles. The molecule has 2 atom stereocenters. The normalized spacial score (nSPS) is 22.4. The van der Waals surface area contributed by atoms with Gasteiger partial charge in [-0.1, -0.05) is 31.2 Å². The van der Waals surface area contributed by atoms with E-state index in [0.717, 1.165) is 11.1 Å². The molecule has 1 aromatic carbocycles. The zero-order valence-electron chi connectivity index (χ0n) is 14.6. The number of amides is 3. The molecule has 6 nitrogen and oxygen atoms in total. The lowest BCUT2D eigenvalue weighted by Crippen LogP contribution is -2.57. The van der Waals surface area contributed by atoms with Crippen molar-refractivity contribution in [1.29, 1.82) is 0 Å². The lowest BCUT2D eigenvalue weighted by Gasteiger charge is -2.37. The third-order valence-corrected chi connectivity index (χ3v) is 4.87. The molecule has 3 rings (SSSR count). The Bertz CT molecular complexity index is 728. The lowest BCUT2D eigenvalue weighted by atomic mass is 9.93. The summed E-state index contributed by atoms with van der Waals surface area (Å²) in [7, 11) is 0. The van der Waals surface area contributed by atoms with E-state index in [0.29, 0.717) is 19.5 Å². The number of benzene rings is 1. The number of hydrogen-bond acceptors (Lipinski definition) is 3. The van der Waals surface area contributed by atoms with Crippen LogP contribution in [-0.2, 0) is 14.4 Å². The van der Waals surface area contributed by atoms with Gasteiger partial charge in [-0.3, -0.25) is 14.4 Å². The van der Waals surface area contributed by atoms with Gasteiger partial charge in [0.15, 0.2) is 0 Å². The highest BCUT2D eigenvalue weighted by molar-refractivity contribution is 5.89. The zero-order valence-corrected chi connectivity index (χ0v) is 14.6. The summed E-state index contributed by atoms with van der Waals surface area (Å²) < 4.78 is 0. The smallest absolute Gasteiger partial charge is 0.242 e. The number of fused-ring (bicyclic) bond motifs is 1. The molecule has 0 bridgehead atoms. The molecule has 0 radical (unpaired) electrons. The first-order chi connectivity index (χ1) is 12.0. The Labute approximate surface area is 147 Å². The second kappa shape index (κ2) is 7.09. The van der Waals surface area contributed by atoms with E-state index in [1.165, 1.54) is 6.92 Å². The quantitative estimate of drug-likeness (QED) is 0.909. The monoisotopic (exact) mass is 341 g/mol. The molecular formula is C19H23N3O3. The van der Waals surface area contributed by atoms with Gasteiger partial charge < -0.3 is 15.1 Å². The van der Waals surface area contributed by atoms with Gasteiger partial charge in [0.05, 0.1) is 12.5 Å². The van der Waals surface area contributed by atoms with Crippen LogP contribution < -0.4 is 5.32 Å². The van der Waals surface area contributed by atoms with Crippen LogP contribution in [-0.4, -0.2) is 46.7 Å². The van der Waals surface area contributed by atoms with Crippen LogP contribution in [0.3, 0.4) is 0 Å². The minimum atomic E-state index is -0.429. The second-order valence-electron chi connectivity index (χ2n) is 6.39. The van der Waals surface area contributed by atoms with Crippen molar-refractivity contribution in [3.63, 3.8) is 0 Å². The summed E-state index contributed by atoms with van der Waals surface area (Å²) in [4.78, 5) is 40.3. The zero-order chi connectivity index (χ0) is 18.0. The Morgan fingerprint density at radius 1 is 1.24 bits per heavy atom. The Morgan fingerprint density at radius 2 is 2.00 bits per heavy atom. The number of carbonyl (C=O) groups is 3. The molecule has 2 heterocycles. The molecular weight excluding hydrogens is 318 g/mol. The number of carbonyl (C=O) groups excluding carboxylic acids is 3. The number of nitrogens with one attached hydrogen (secondary N) is 1. The fraction of sp³-hybridized carbons (Fsp3) is 0.421. The second-order valence-corrected chi connectivity index (χ2v) is 6.39. The highest BCUT2D eigenvalue weighted by atomic mass is 16.2. The maximum absolute atomic E-state index is 12.9. The lowest BCUT2D eigenvalue weighted by molar-refractivity contribution is -0.144. The molecule has 2 aliphatic rings. The van der Waals surface area contributed by atoms with Crippen molar-refractivity contribution in [2.45, 2.75) is 38.8 Å². The number of rotatable bonds is 3. The Morgan fingerprint density at radius 3 is 2.72 bits per heavy atom. The van der Waals surface area contributed by atoms with Gasteiger partial charge in [0.25, 0.3) is 0 Å². The number of piperazine rings is 1. The van der Waals surface area contributed by atoms with E-state index in [4.69, 9.17) is 0 Å². The maximum Gasteiger partial charge on any atom is 0.242 e. The van der Waals surface area contributed by atoms with Crippen molar-refractivity contribution < 1.29 is 14.4 Å². The molecule has 25 heavy (non-hydrogen) atoms. The van der Waals surface area contributed by atoms with Gasteiger partial charge in [0.1, 0.15) is 6.04 Å². The molecule has 0 saturated carbocycles. The van der Waals surface area contributed by atoms with Crippen molar-refractivity contribution in [2.75, 3.05) is 13.1 Å². The van der Waals surface area contributed by atoms with Crippen molar-refractivity contribution >= 4 is 23.8 Å². The van der Waals surface area contributed by atoms with Crippen molar-refractivity contribution in [3.05, 3.63) is 41.6 Å². The van der Waals surface area contributed by atoms with Crippen LogP contribution in [0.5, 0.6) is 0 Å². The summed E-state index contributed by atoms with van der Waals surface area (Å²) in [5.74, 6) is -0.301. The molecule has 1 aromatic rings. The summed E-state index contributed by atoms with van der Waals surface area (Å²) in [5, 5.41) is 2.81. The van der Waals surface area contributed by atoms with E-state index in [9.17, 15) is 14.4 Å². The summed E-state index contributed by atoms with van der Waals surface area (Å²) in [6.07, 6.45) is 4.38. The molecule has 6 heteroatoms. The Kier molecular flexibility index (Phi) is 4.88. The minimum Gasteiger partial charge on any atom is -0.353 e. The molecule has 132 valence electrons. The van der Waals surface area contributed by atoms with E-state index < -0.39 is 6.04 Å². The first kappa shape index (κ1) is 17.2. The Hall–Kier alpha value is -2.63. The van der Waals surface area contributed by atoms with Crippen molar-refractivity contribution in [3.8, 4) is 0 Å². The molecule has 2 aliphatic heterocycles. The average molecular weight is 341 g/mol.